The lowest BCUT2D eigenvalue weighted by atomic mass is 10.1. The number of carbonyl (C=O) groups excluding carboxylic acids is 1. The number of aldehydes is 1. The minimum atomic E-state index is -3.64. The molecule has 0 aromatic heterocycles. The molecular weight excluding hydrogens is 178 g/mol. The Bertz CT molecular complexity index is 155. The molecule has 0 bridgehead atoms. The van der Waals surface area contributed by atoms with Crippen molar-refractivity contribution in [1.82, 2.24) is 0 Å². The Kier molecular flexibility index (Phi) is 4.18. The summed E-state index contributed by atoms with van der Waals surface area (Å²) in [4.78, 5) is 12.3. The zero-order valence-electron chi connectivity index (χ0n) is 5.85. The maximum absolute atomic E-state index is 12.6. The molecule has 0 aromatic rings. The largest absolute Gasteiger partial charge is 0.394 e. The zero-order valence-corrected chi connectivity index (χ0v) is 5.85. The summed E-state index contributed by atoms with van der Waals surface area (Å²) in [6, 6.07) is 0. The van der Waals surface area contributed by atoms with Crippen molar-refractivity contribution in [2.24, 2.45) is 0 Å². The van der Waals surface area contributed by atoms with Gasteiger partial charge in [0, 0.05) is 0 Å². The topological polar surface area (TPSA) is 87.0 Å². The first kappa shape index (κ1) is 11.4. The molecule has 0 aliphatic heterocycles. The van der Waals surface area contributed by atoms with E-state index in [1.165, 1.54) is 0 Å². The van der Waals surface area contributed by atoms with E-state index in [2.05, 4.69) is 4.94 Å². The minimum absolute atomic E-state index is 0.656. The Morgan fingerprint density at radius 1 is 1.58 bits per heavy atom. The van der Waals surface area contributed by atoms with Crippen molar-refractivity contribution in [2.75, 3.05) is 6.61 Å². The van der Waals surface area contributed by atoms with Gasteiger partial charge in [-0.1, -0.05) is 0 Å². The Labute approximate surface area is 66.1 Å². The van der Waals surface area contributed by atoms with E-state index in [4.69, 9.17) is 15.3 Å². The van der Waals surface area contributed by atoms with Crippen molar-refractivity contribution in [3.63, 3.8) is 0 Å². The van der Waals surface area contributed by atoms with Crippen LogP contribution in [0.5, 0.6) is 0 Å². The van der Waals surface area contributed by atoms with E-state index < -0.39 is 31.0 Å². The van der Waals surface area contributed by atoms with Crippen LogP contribution in [0.15, 0.2) is 0 Å². The molecule has 0 amide bonds. The van der Waals surface area contributed by atoms with Crippen molar-refractivity contribution >= 4 is 6.29 Å². The predicted octanol–water partition coefficient (Wildman–Crippen LogP) is -1.53. The maximum Gasteiger partial charge on any atom is 0.328 e. The smallest absolute Gasteiger partial charge is 0.328 e. The van der Waals surface area contributed by atoms with Gasteiger partial charge in [-0.05, 0) is 4.53 Å². The molecule has 0 saturated carbocycles. The molecule has 0 radical (unpaired) electrons. The molecule has 0 aliphatic rings. The minimum Gasteiger partial charge on any atom is -0.394 e. The third kappa shape index (κ3) is 2.18. The fourth-order valence-corrected chi connectivity index (χ4v) is 0.496. The van der Waals surface area contributed by atoms with E-state index in [0.29, 0.717) is 0 Å². The van der Waals surface area contributed by atoms with Crippen molar-refractivity contribution in [2.45, 2.75) is 18.1 Å². The molecular formula is C5H8F2O5. The Morgan fingerprint density at radius 2 is 2.08 bits per heavy atom. The molecule has 3 N–H and O–H groups in total. The van der Waals surface area contributed by atoms with Gasteiger partial charge in [-0.15, -0.1) is 4.94 Å². The lowest BCUT2D eigenvalue weighted by Gasteiger charge is -2.23. The first-order chi connectivity index (χ1) is 5.51. The van der Waals surface area contributed by atoms with Crippen LogP contribution in [0.2, 0.25) is 0 Å². The van der Waals surface area contributed by atoms with Crippen LogP contribution < -0.4 is 0 Å². The highest BCUT2D eigenvalue weighted by molar-refractivity contribution is 5.61. The SMILES string of the molecule is O=C[C@@](F)(OF)[C@H](O)[C@H](O)CO. The van der Waals surface area contributed by atoms with Gasteiger partial charge in [0.2, 0.25) is 0 Å². The zero-order chi connectivity index (χ0) is 9.78. The van der Waals surface area contributed by atoms with Crippen LogP contribution in [0, 0.1) is 0 Å². The molecule has 7 heteroatoms. The van der Waals surface area contributed by atoms with Crippen LogP contribution in [0.4, 0.5) is 8.92 Å². The van der Waals surface area contributed by atoms with Gasteiger partial charge in [-0.25, -0.2) is 0 Å². The summed E-state index contributed by atoms with van der Waals surface area (Å²) in [5.74, 6) is -3.64. The number of rotatable bonds is 5. The third-order valence-corrected chi connectivity index (χ3v) is 1.23. The highest BCUT2D eigenvalue weighted by Crippen LogP contribution is 2.18. The number of hydrogen-bond donors (Lipinski definition) is 3. The van der Waals surface area contributed by atoms with E-state index in [0.717, 1.165) is 0 Å². The van der Waals surface area contributed by atoms with E-state index in [1.807, 2.05) is 0 Å². The van der Waals surface area contributed by atoms with E-state index in [1.54, 1.807) is 0 Å². The second-order valence-corrected chi connectivity index (χ2v) is 2.09. The average molecular weight is 186 g/mol. The van der Waals surface area contributed by atoms with Crippen LogP contribution in [-0.4, -0.2) is 46.3 Å². The highest BCUT2D eigenvalue weighted by Gasteiger charge is 2.45. The van der Waals surface area contributed by atoms with Crippen molar-refractivity contribution in [3.8, 4) is 0 Å². The summed E-state index contributed by atoms with van der Waals surface area (Å²) in [5.41, 5.74) is 0. The molecule has 0 fully saturated rings. The number of carbonyl (C=O) groups is 1. The molecule has 0 aromatic carbocycles. The Hall–Kier alpha value is -0.630. The second-order valence-electron chi connectivity index (χ2n) is 2.09. The Balaban J connectivity index is 4.40. The summed E-state index contributed by atoms with van der Waals surface area (Å²) in [7, 11) is 0. The second kappa shape index (κ2) is 4.41. The Morgan fingerprint density at radius 3 is 2.33 bits per heavy atom. The first-order valence-corrected chi connectivity index (χ1v) is 2.93. The summed E-state index contributed by atoms with van der Waals surface area (Å²) in [6.45, 7) is -1.02. The standard InChI is InChI=1S/C5H8F2O5/c6-5(2-9,12-7)4(11)3(10)1-8/h2-4,8,10-11H,1H2/t3-,4-,5-/m1/s1. The average Bonchev–Trinajstić information content (AvgIpc) is 2.14. The normalized spacial score (nSPS) is 21.1. The molecule has 3 atom stereocenters. The number of alkyl halides is 1. The molecule has 0 saturated heterocycles. The number of aliphatic hydroxyl groups is 3. The van der Waals surface area contributed by atoms with Crippen LogP contribution in [0.25, 0.3) is 0 Å². The van der Waals surface area contributed by atoms with Gasteiger partial charge >= 0.3 is 5.85 Å². The fourth-order valence-electron chi connectivity index (χ4n) is 0.496. The van der Waals surface area contributed by atoms with Gasteiger partial charge in [-0.3, -0.25) is 4.79 Å². The summed E-state index contributed by atoms with van der Waals surface area (Å²) in [6.07, 6.45) is -5.11. The number of hydrogen-bond acceptors (Lipinski definition) is 5. The van der Waals surface area contributed by atoms with Crippen LogP contribution in [0.3, 0.4) is 0 Å². The quantitative estimate of drug-likeness (QED) is 0.453. The van der Waals surface area contributed by atoms with Gasteiger partial charge in [0.1, 0.15) is 6.10 Å². The highest BCUT2D eigenvalue weighted by atomic mass is 19.3. The maximum atomic E-state index is 12.6. The van der Waals surface area contributed by atoms with Crippen molar-refractivity contribution in [3.05, 3.63) is 0 Å². The molecule has 5 nitrogen and oxygen atoms in total. The van der Waals surface area contributed by atoms with E-state index in [-0.39, 0.29) is 0 Å². The van der Waals surface area contributed by atoms with Gasteiger partial charge in [-0.2, -0.15) is 4.39 Å². The summed E-state index contributed by atoms with van der Waals surface area (Å²) < 4.78 is 23.9. The van der Waals surface area contributed by atoms with Crippen LogP contribution >= 0.6 is 0 Å². The van der Waals surface area contributed by atoms with Crippen molar-refractivity contribution in [1.29, 1.82) is 0 Å². The fraction of sp³-hybridized carbons (Fsp3) is 0.800. The van der Waals surface area contributed by atoms with Crippen molar-refractivity contribution < 1.29 is 34.0 Å². The monoisotopic (exact) mass is 186 g/mol. The van der Waals surface area contributed by atoms with Gasteiger partial charge in [0.05, 0.1) is 6.61 Å². The third-order valence-electron chi connectivity index (χ3n) is 1.23. The van der Waals surface area contributed by atoms with Crippen LogP contribution in [0.1, 0.15) is 0 Å². The predicted molar refractivity (Wildman–Crippen MR) is 31.2 cm³/mol. The number of halogens is 2. The molecule has 72 valence electrons. The van der Waals surface area contributed by atoms with Gasteiger partial charge in [0.15, 0.2) is 12.4 Å². The molecule has 0 aliphatic carbocycles. The molecule has 0 heterocycles. The van der Waals surface area contributed by atoms with Gasteiger partial charge < -0.3 is 15.3 Å². The molecule has 0 unspecified atom stereocenters. The first-order valence-electron chi connectivity index (χ1n) is 2.93. The summed E-state index contributed by atoms with van der Waals surface area (Å²) >= 11 is 0. The van der Waals surface area contributed by atoms with Crippen LogP contribution in [-0.2, 0) is 9.74 Å². The summed E-state index contributed by atoms with van der Waals surface area (Å²) in [5, 5.41) is 25.4. The van der Waals surface area contributed by atoms with Gasteiger partial charge in [0.25, 0.3) is 0 Å². The van der Waals surface area contributed by atoms with E-state index >= 15 is 0 Å². The molecule has 0 rings (SSSR count). The lowest BCUT2D eigenvalue weighted by Crippen LogP contribution is -2.49. The molecule has 12 heavy (non-hydrogen) atoms. The molecule has 0 spiro atoms. The lowest BCUT2D eigenvalue weighted by molar-refractivity contribution is -0.313. The van der Waals surface area contributed by atoms with E-state index in [9.17, 15) is 13.7 Å². The number of aliphatic hydroxyl groups excluding tert-OH is 3.